The Labute approximate surface area is 105 Å². The maximum atomic E-state index is 11.2. The monoisotopic (exact) mass is 251 g/mol. The number of aromatic carboxylic acids is 1. The number of nitrogens with one attached hydrogen (secondary N) is 1. The van der Waals surface area contributed by atoms with E-state index in [-0.39, 0.29) is 12.1 Å². The van der Waals surface area contributed by atoms with Gasteiger partial charge >= 0.3 is 5.97 Å². The first kappa shape index (κ1) is 13.8. The number of primary amides is 1. The Morgan fingerprint density at radius 2 is 2.00 bits per heavy atom. The molecule has 0 unspecified atom stereocenters. The van der Waals surface area contributed by atoms with Crippen molar-refractivity contribution < 1.29 is 14.7 Å². The maximum absolute atomic E-state index is 11.2. The highest BCUT2D eigenvalue weighted by Crippen LogP contribution is 2.22. The van der Waals surface area contributed by atoms with Crippen LogP contribution in [0.5, 0.6) is 0 Å². The van der Waals surface area contributed by atoms with Crippen LogP contribution in [-0.2, 0) is 4.79 Å². The number of carbonyl (C=O) groups is 2. The van der Waals surface area contributed by atoms with Crippen molar-refractivity contribution in [2.45, 2.75) is 13.8 Å². The summed E-state index contributed by atoms with van der Waals surface area (Å²) in [7, 11) is 0. The summed E-state index contributed by atoms with van der Waals surface area (Å²) in [5.74, 6) is -1.52. The summed E-state index contributed by atoms with van der Waals surface area (Å²) in [6, 6.07) is 4.44. The molecule has 1 aromatic carbocycles. The Kier molecular flexibility index (Phi) is 3.80. The van der Waals surface area contributed by atoms with E-state index >= 15 is 0 Å². The molecule has 1 amide bonds. The highest BCUT2D eigenvalue weighted by Gasteiger charge is 2.25. The van der Waals surface area contributed by atoms with Crippen LogP contribution in [0.3, 0.4) is 0 Å². The van der Waals surface area contributed by atoms with E-state index in [2.05, 4.69) is 5.32 Å². The normalized spacial score (nSPS) is 11.0. The van der Waals surface area contributed by atoms with Crippen molar-refractivity contribution in [3.63, 3.8) is 0 Å². The molecule has 6 heteroatoms. The number of rotatable bonds is 5. The summed E-state index contributed by atoms with van der Waals surface area (Å²) in [5, 5.41) is 11.9. The predicted molar refractivity (Wildman–Crippen MR) is 69.3 cm³/mol. The van der Waals surface area contributed by atoms with Crippen LogP contribution in [0.25, 0.3) is 0 Å². The second-order valence-corrected chi connectivity index (χ2v) is 4.71. The van der Waals surface area contributed by atoms with Crippen molar-refractivity contribution in [1.29, 1.82) is 0 Å². The van der Waals surface area contributed by atoms with E-state index < -0.39 is 17.3 Å². The van der Waals surface area contributed by atoms with Crippen LogP contribution in [0.4, 0.5) is 11.4 Å². The molecule has 1 rings (SSSR count). The van der Waals surface area contributed by atoms with Gasteiger partial charge in [0, 0.05) is 12.2 Å². The summed E-state index contributed by atoms with van der Waals surface area (Å²) < 4.78 is 0. The number of anilines is 2. The lowest BCUT2D eigenvalue weighted by Crippen LogP contribution is -2.37. The van der Waals surface area contributed by atoms with Crippen LogP contribution in [0, 0.1) is 5.41 Å². The SMILES string of the molecule is CC(C)(CNc1cc(N)ccc1C(=O)O)C(N)=O. The Morgan fingerprint density at radius 1 is 1.39 bits per heavy atom. The predicted octanol–water partition coefficient (Wildman–Crippen LogP) is 0.890. The fourth-order valence-electron chi connectivity index (χ4n) is 1.30. The van der Waals surface area contributed by atoms with Crippen LogP contribution >= 0.6 is 0 Å². The molecule has 0 saturated carbocycles. The van der Waals surface area contributed by atoms with Gasteiger partial charge in [-0.25, -0.2) is 4.79 Å². The van der Waals surface area contributed by atoms with Crippen molar-refractivity contribution in [3.05, 3.63) is 23.8 Å². The summed E-state index contributed by atoms with van der Waals surface area (Å²) in [6.45, 7) is 3.58. The zero-order chi connectivity index (χ0) is 13.9. The van der Waals surface area contributed by atoms with Gasteiger partial charge in [0.1, 0.15) is 0 Å². The third kappa shape index (κ3) is 3.13. The van der Waals surface area contributed by atoms with Crippen molar-refractivity contribution in [2.75, 3.05) is 17.6 Å². The third-order valence-electron chi connectivity index (χ3n) is 2.66. The zero-order valence-electron chi connectivity index (χ0n) is 10.4. The number of carboxylic acid groups (broad SMARTS) is 1. The lowest BCUT2D eigenvalue weighted by molar-refractivity contribution is -0.125. The van der Waals surface area contributed by atoms with E-state index in [1.807, 2.05) is 0 Å². The van der Waals surface area contributed by atoms with Crippen LogP contribution in [-0.4, -0.2) is 23.5 Å². The quantitative estimate of drug-likeness (QED) is 0.579. The Morgan fingerprint density at radius 3 is 2.50 bits per heavy atom. The lowest BCUT2D eigenvalue weighted by Gasteiger charge is -2.22. The zero-order valence-corrected chi connectivity index (χ0v) is 10.4. The molecular weight excluding hydrogens is 234 g/mol. The average molecular weight is 251 g/mol. The smallest absolute Gasteiger partial charge is 0.337 e. The first-order valence-corrected chi connectivity index (χ1v) is 5.40. The van der Waals surface area contributed by atoms with Gasteiger partial charge in [-0.05, 0) is 32.0 Å². The molecule has 0 spiro atoms. The fourth-order valence-corrected chi connectivity index (χ4v) is 1.30. The second-order valence-electron chi connectivity index (χ2n) is 4.71. The van der Waals surface area contributed by atoms with E-state index in [4.69, 9.17) is 16.6 Å². The Bertz CT molecular complexity index is 483. The van der Waals surface area contributed by atoms with Crippen molar-refractivity contribution >= 4 is 23.3 Å². The molecule has 0 bridgehead atoms. The first-order valence-electron chi connectivity index (χ1n) is 5.40. The molecule has 0 aromatic heterocycles. The van der Waals surface area contributed by atoms with Gasteiger partial charge in [0.25, 0.3) is 0 Å². The van der Waals surface area contributed by atoms with Gasteiger partial charge in [-0.15, -0.1) is 0 Å². The van der Waals surface area contributed by atoms with E-state index in [9.17, 15) is 9.59 Å². The molecule has 0 heterocycles. The Hall–Kier alpha value is -2.24. The number of hydrogen-bond donors (Lipinski definition) is 4. The van der Waals surface area contributed by atoms with Gasteiger partial charge in [-0.3, -0.25) is 4.79 Å². The number of carbonyl (C=O) groups excluding carboxylic acids is 1. The van der Waals surface area contributed by atoms with Crippen LogP contribution in [0.2, 0.25) is 0 Å². The fraction of sp³-hybridized carbons (Fsp3) is 0.333. The van der Waals surface area contributed by atoms with E-state index in [0.717, 1.165) is 0 Å². The van der Waals surface area contributed by atoms with Gasteiger partial charge in [0.2, 0.25) is 5.91 Å². The summed E-state index contributed by atoms with van der Waals surface area (Å²) >= 11 is 0. The minimum absolute atomic E-state index is 0.101. The number of carboxylic acids is 1. The molecule has 0 saturated heterocycles. The molecule has 1 aromatic rings. The number of benzene rings is 1. The minimum Gasteiger partial charge on any atom is -0.478 e. The largest absolute Gasteiger partial charge is 0.478 e. The van der Waals surface area contributed by atoms with Gasteiger partial charge < -0.3 is 21.9 Å². The maximum Gasteiger partial charge on any atom is 0.337 e. The molecule has 0 aliphatic carbocycles. The number of nitrogen functional groups attached to an aromatic ring is 1. The summed E-state index contributed by atoms with van der Waals surface area (Å²) in [4.78, 5) is 22.2. The molecule has 0 aliphatic rings. The van der Waals surface area contributed by atoms with Crippen molar-refractivity contribution in [2.24, 2.45) is 11.1 Å². The molecule has 0 fully saturated rings. The Balaban J connectivity index is 2.94. The second kappa shape index (κ2) is 4.95. The van der Waals surface area contributed by atoms with Crippen LogP contribution < -0.4 is 16.8 Å². The highest BCUT2D eigenvalue weighted by molar-refractivity contribution is 5.95. The molecule has 18 heavy (non-hydrogen) atoms. The highest BCUT2D eigenvalue weighted by atomic mass is 16.4. The molecule has 0 radical (unpaired) electrons. The van der Waals surface area contributed by atoms with Crippen LogP contribution in [0.15, 0.2) is 18.2 Å². The molecule has 0 aliphatic heterocycles. The third-order valence-corrected chi connectivity index (χ3v) is 2.66. The van der Waals surface area contributed by atoms with Crippen LogP contribution in [0.1, 0.15) is 24.2 Å². The molecule has 6 nitrogen and oxygen atoms in total. The summed E-state index contributed by atoms with van der Waals surface area (Å²) in [6.07, 6.45) is 0. The minimum atomic E-state index is -1.06. The van der Waals surface area contributed by atoms with Gasteiger partial charge in [0.15, 0.2) is 0 Å². The van der Waals surface area contributed by atoms with Gasteiger partial charge in [0.05, 0.1) is 16.7 Å². The van der Waals surface area contributed by atoms with E-state index in [1.165, 1.54) is 18.2 Å². The number of hydrogen-bond acceptors (Lipinski definition) is 4. The summed E-state index contributed by atoms with van der Waals surface area (Å²) in [5.41, 5.74) is 11.0. The van der Waals surface area contributed by atoms with Crippen molar-refractivity contribution in [3.8, 4) is 0 Å². The first-order chi connectivity index (χ1) is 8.24. The topological polar surface area (TPSA) is 118 Å². The molecule has 6 N–H and O–H groups in total. The molecule has 98 valence electrons. The van der Waals surface area contributed by atoms with E-state index in [1.54, 1.807) is 13.8 Å². The number of nitrogens with two attached hydrogens (primary N) is 2. The lowest BCUT2D eigenvalue weighted by atomic mass is 9.92. The van der Waals surface area contributed by atoms with Crippen molar-refractivity contribution in [1.82, 2.24) is 0 Å². The van der Waals surface area contributed by atoms with Gasteiger partial charge in [-0.2, -0.15) is 0 Å². The standard InChI is InChI=1S/C12H17N3O3/c1-12(2,11(14)18)6-15-9-5-7(13)3-4-8(9)10(16)17/h3-5,15H,6,13H2,1-2H3,(H2,14,18)(H,16,17). The number of amides is 1. The molecular formula is C12H17N3O3. The average Bonchev–Trinajstić information content (AvgIpc) is 2.26. The molecule has 0 atom stereocenters. The van der Waals surface area contributed by atoms with E-state index in [0.29, 0.717) is 11.4 Å². The van der Waals surface area contributed by atoms with Gasteiger partial charge in [-0.1, -0.05) is 0 Å².